The third-order valence-corrected chi connectivity index (χ3v) is 7.64. The minimum atomic E-state index is -1.56. The van der Waals surface area contributed by atoms with Gasteiger partial charge in [0.05, 0.1) is 0 Å². The van der Waals surface area contributed by atoms with Crippen LogP contribution in [0.25, 0.3) is 0 Å². The number of carbonyl (C=O) groups is 3. The number of carboxylic acid groups (broad SMARTS) is 1. The highest BCUT2D eigenvalue weighted by atomic mass is 32.2. The van der Waals surface area contributed by atoms with Gasteiger partial charge in [0.1, 0.15) is 29.2 Å². The lowest BCUT2D eigenvalue weighted by molar-refractivity contribution is -0.148. The van der Waals surface area contributed by atoms with Crippen molar-refractivity contribution < 1.29 is 29.1 Å². The van der Waals surface area contributed by atoms with Crippen LogP contribution in [0.3, 0.4) is 0 Å². The lowest BCUT2D eigenvalue weighted by Crippen LogP contribution is -2.70. The molecule has 34 heavy (non-hydrogen) atoms. The maximum absolute atomic E-state index is 13.0. The predicted octanol–water partition coefficient (Wildman–Crippen LogP) is 0.0758. The number of amides is 2. The number of nitrogens with zero attached hydrogens (tertiary/aromatic N) is 6. The number of anilines is 1. The van der Waals surface area contributed by atoms with Gasteiger partial charge in [-0.1, -0.05) is 16.9 Å². The Hall–Kier alpha value is -3.38. The number of oxime groups is 1. The van der Waals surface area contributed by atoms with Crippen molar-refractivity contribution in [1.29, 1.82) is 0 Å². The molecule has 18 heteroatoms. The van der Waals surface area contributed by atoms with Crippen LogP contribution in [0.5, 0.6) is 0 Å². The molecule has 1 fully saturated rings. The summed E-state index contributed by atoms with van der Waals surface area (Å²) in [6.45, 7) is 1.81. The molecule has 0 aliphatic carbocycles. The van der Waals surface area contributed by atoms with Crippen LogP contribution >= 0.6 is 35.1 Å². The average Bonchev–Trinajstić information content (AvgIpc) is 3.46. The van der Waals surface area contributed by atoms with E-state index in [4.69, 9.17) is 15.3 Å². The minimum absolute atomic E-state index is 0.0859. The number of H-pyrrole nitrogens is 1. The van der Waals surface area contributed by atoms with Crippen molar-refractivity contribution in [2.75, 3.05) is 18.6 Å². The van der Waals surface area contributed by atoms with Crippen molar-refractivity contribution in [2.24, 2.45) is 5.16 Å². The van der Waals surface area contributed by atoms with E-state index in [9.17, 15) is 19.5 Å². The summed E-state index contributed by atoms with van der Waals surface area (Å²) in [5.74, 6) is -0.964. The van der Waals surface area contributed by atoms with Crippen LogP contribution in [0.2, 0.25) is 0 Å². The molecular formula is C16H17N9O6S3. The van der Waals surface area contributed by atoms with Crippen LogP contribution in [-0.4, -0.2) is 88.2 Å². The number of β-lactam (4-membered cyclic amide) rings is 1. The lowest BCUT2D eigenvalue weighted by atomic mass is 10.0. The van der Waals surface area contributed by atoms with Crippen molar-refractivity contribution >= 4 is 63.7 Å². The molecule has 4 rings (SSSR count). The zero-order chi connectivity index (χ0) is 24.4. The molecular weight excluding hydrogens is 510 g/mol. The lowest BCUT2D eigenvalue weighted by Gasteiger charge is -2.49. The van der Waals surface area contributed by atoms with Gasteiger partial charge in [-0.3, -0.25) is 14.5 Å². The number of rotatable bonds is 8. The fraction of sp³-hybridized carbons (Fsp3) is 0.375. The standard InChI is InChI=1S/C16H17N9O6S3/c1-5(33-15-19-23-24-20-15)6-4-32-14-10(12(27)25(14)13(6)31-16(28)29)18-11(26)9(21-30-2)7-3-8(17)34-22-7/h3,5,10,14H,4,17H2,1-2H3,(H,18,26)(H,28,29)(H,19,20,23,24)/b21-9+/t5?,10-,14+/m1/s1. The van der Waals surface area contributed by atoms with Gasteiger partial charge in [-0.15, -0.1) is 16.9 Å². The van der Waals surface area contributed by atoms with Gasteiger partial charge in [0.25, 0.3) is 11.8 Å². The van der Waals surface area contributed by atoms with Crippen molar-refractivity contribution in [3.05, 3.63) is 23.2 Å². The first-order chi connectivity index (χ1) is 16.3. The third-order valence-electron chi connectivity index (χ3n) is 4.69. The number of thioether (sulfide) groups is 2. The number of nitrogens with one attached hydrogen (secondary N) is 2. The van der Waals surface area contributed by atoms with E-state index in [2.05, 4.69) is 35.5 Å². The molecule has 0 radical (unpaired) electrons. The molecule has 2 aromatic heterocycles. The van der Waals surface area contributed by atoms with Gasteiger partial charge in [-0.2, -0.15) is 4.37 Å². The summed E-state index contributed by atoms with van der Waals surface area (Å²) in [4.78, 5) is 43.1. The van der Waals surface area contributed by atoms with Gasteiger partial charge in [-0.25, -0.2) is 9.89 Å². The number of hydrogen-bond donors (Lipinski definition) is 4. The Labute approximate surface area is 203 Å². The zero-order valence-corrected chi connectivity index (χ0v) is 19.9. The van der Waals surface area contributed by atoms with Crippen molar-refractivity contribution in [3.63, 3.8) is 0 Å². The summed E-state index contributed by atoms with van der Waals surface area (Å²) in [7, 11) is 1.27. The molecule has 4 heterocycles. The number of aromatic amines is 1. The first kappa shape index (κ1) is 23.8. The van der Waals surface area contributed by atoms with Crippen molar-refractivity contribution in [2.45, 2.75) is 28.7 Å². The largest absolute Gasteiger partial charge is 0.512 e. The zero-order valence-electron chi connectivity index (χ0n) is 17.5. The highest BCUT2D eigenvalue weighted by molar-refractivity contribution is 8.01. The number of nitrogens with two attached hydrogens (primary N) is 1. The first-order valence-electron chi connectivity index (χ1n) is 9.43. The Kier molecular flexibility index (Phi) is 6.89. The average molecular weight is 528 g/mol. The number of ether oxygens (including phenoxy) is 1. The van der Waals surface area contributed by atoms with Crippen LogP contribution < -0.4 is 11.1 Å². The van der Waals surface area contributed by atoms with Gasteiger partial charge in [0.2, 0.25) is 11.0 Å². The Morgan fingerprint density at radius 2 is 2.29 bits per heavy atom. The fourth-order valence-corrected chi connectivity index (χ4v) is 6.11. The molecule has 15 nitrogen and oxygen atoms in total. The molecule has 2 amide bonds. The van der Waals surface area contributed by atoms with Crippen LogP contribution in [0.15, 0.2) is 27.8 Å². The van der Waals surface area contributed by atoms with Crippen molar-refractivity contribution in [1.82, 2.24) is 35.2 Å². The molecule has 3 atom stereocenters. The molecule has 0 saturated carbocycles. The van der Waals surface area contributed by atoms with Crippen molar-refractivity contribution in [3.8, 4) is 0 Å². The van der Waals surface area contributed by atoms with E-state index in [0.717, 1.165) is 11.5 Å². The topological polar surface area (TPSA) is 211 Å². The molecule has 2 aromatic rings. The summed E-state index contributed by atoms with van der Waals surface area (Å²) in [5.41, 5.74) is 6.30. The number of tetrazole rings is 1. The first-order valence-corrected chi connectivity index (χ1v) is 12.1. The van der Waals surface area contributed by atoms with E-state index in [1.54, 1.807) is 0 Å². The van der Waals surface area contributed by atoms with Crippen LogP contribution in [0, 0.1) is 0 Å². The summed E-state index contributed by atoms with van der Waals surface area (Å²) in [5, 5.41) is 28.9. The Morgan fingerprint density at radius 1 is 1.50 bits per heavy atom. The molecule has 0 aromatic carbocycles. The Balaban J connectivity index is 1.53. The molecule has 1 saturated heterocycles. The number of hydrogen-bond acceptors (Lipinski definition) is 14. The van der Waals surface area contributed by atoms with E-state index in [0.29, 0.717) is 21.5 Å². The third kappa shape index (κ3) is 4.64. The maximum Gasteiger partial charge on any atom is 0.512 e. The molecule has 2 aliphatic heterocycles. The van der Waals surface area contributed by atoms with Gasteiger partial charge < -0.3 is 25.7 Å². The normalized spacial score (nSPS) is 20.9. The SMILES string of the molecule is CO/N=C(/C(=O)N[C@@H]1C(=O)N2C(OC(=O)O)=C(C(C)Sc3nnn[nH]3)CS[C@@H]12)c1cc(N)sn1. The van der Waals surface area contributed by atoms with Gasteiger partial charge >= 0.3 is 6.16 Å². The molecule has 0 bridgehead atoms. The fourth-order valence-electron chi connectivity index (χ4n) is 3.21. The van der Waals surface area contributed by atoms with Crippen LogP contribution in [0.1, 0.15) is 12.6 Å². The van der Waals surface area contributed by atoms with E-state index in [-0.39, 0.29) is 22.5 Å². The van der Waals surface area contributed by atoms with E-state index in [1.165, 1.54) is 41.6 Å². The molecule has 1 unspecified atom stereocenters. The minimum Gasteiger partial charge on any atom is -0.449 e. The Morgan fingerprint density at radius 3 is 2.91 bits per heavy atom. The second-order valence-corrected chi connectivity index (χ2v) is 10.0. The Bertz CT molecular complexity index is 1170. The highest BCUT2D eigenvalue weighted by Crippen LogP contribution is 2.43. The highest BCUT2D eigenvalue weighted by Gasteiger charge is 2.54. The number of aromatic nitrogens is 5. The summed E-state index contributed by atoms with van der Waals surface area (Å²) in [6, 6.07) is 0.523. The number of fused-ring (bicyclic) bond motifs is 1. The number of nitrogen functional groups attached to an aromatic ring is 1. The van der Waals surface area contributed by atoms with E-state index in [1.807, 2.05) is 6.92 Å². The molecule has 2 aliphatic rings. The molecule has 0 spiro atoms. The van der Waals surface area contributed by atoms with E-state index >= 15 is 0 Å². The van der Waals surface area contributed by atoms with Gasteiger partial charge in [0, 0.05) is 22.6 Å². The van der Waals surface area contributed by atoms with Crippen LogP contribution in [0.4, 0.5) is 9.80 Å². The van der Waals surface area contributed by atoms with Gasteiger partial charge in [0.15, 0.2) is 5.71 Å². The number of carbonyl (C=O) groups excluding carboxylic acids is 2. The molecule has 5 N–H and O–H groups in total. The monoisotopic (exact) mass is 527 g/mol. The summed E-state index contributed by atoms with van der Waals surface area (Å²) >= 11 is 3.58. The maximum atomic E-state index is 13.0. The second-order valence-electron chi connectivity index (χ2n) is 6.76. The summed E-state index contributed by atoms with van der Waals surface area (Å²) in [6.07, 6.45) is -1.56. The quantitative estimate of drug-likeness (QED) is 0.118. The van der Waals surface area contributed by atoms with Crippen LogP contribution in [-0.2, 0) is 19.2 Å². The second kappa shape index (κ2) is 9.85. The smallest absolute Gasteiger partial charge is 0.449 e. The predicted molar refractivity (Wildman–Crippen MR) is 121 cm³/mol. The van der Waals surface area contributed by atoms with E-state index < -0.39 is 29.4 Å². The molecule has 180 valence electrons. The summed E-state index contributed by atoms with van der Waals surface area (Å²) < 4.78 is 9.04. The van der Waals surface area contributed by atoms with Gasteiger partial charge in [-0.05, 0) is 28.9 Å².